The van der Waals surface area contributed by atoms with E-state index in [0.717, 1.165) is 6.42 Å². The van der Waals surface area contributed by atoms with Gasteiger partial charge >= 0.3 is 0 Å². The second kappa shape index (κ2) is 8.48. The Kier molecular flexibility index (Phi) is 5.64. The first-order valence-electron chi connectivity index (χ1n) is 11.1. The molecule has 2 atom stereocenters. The largest absolute Gasteiger partial charge is 0.497 e. The molecule has 2 aromatic carbocycles. The molecular weight excluding hydrogens is 442 g/mol. The van der Waals surface area contributed by atoms with Crippen LogP contribution in [0.5, 0.6) is 5.75 Å². The maximum Gasteiger partial charge on any atom is 0.269 e. The van der Waals surface area contributed by atoms with Gasteiger partial charge in [-0.3, -0.25) is 15.1 Å². The number of carbonyl (C=O) groups is 1. The normalized spacial score (nSPS) is 24.1. The van der Waals surface area contributed by atoms with Gasteiger partial charge in [-0.25, -0.2) is 8.42 Å². The number of sulfonamides is 1. The van der Waals surface area contributed by atoms with Gasteiger partial charge in [0.1, 0.15) is 17.0 Å². The second-order valence-electron chi connectivity index (χ2n) is 8.74. The summed E-state index contributed by atoms with van der Waals surface area (Å²) < 4.78 is 32.5. The van der Waals surface area contributed by atoms with E-state index in [0.29, 0.717) is 43.3 Å². The highest BCUT2D eigenvalue weighted by Crippen LogP contribution is 2.41. The minimum Gasteiger partial charge on any atom is -0.497 e. The number of rotatable bonds is 6. The Labute approximate surface area is 193 Å². The number of methoxy groups -OCH3 is 1. The number of hydrogen-bond donors (Lipinski definition) is 2. The third kappa shape index (κ3) is 4.36. The van der Waals surface area contributed by atoms with Crippen LogP contribution in [0, 0.1) is 0 Å². The molecule has 8 nitrogen and oxygen atoms in total. The van der Waals surface area contributed by atoms with Crippen LogP contribution >= 0.6 is 0 Å². The van der Waals surface area contributed by atoms with Crippen LogP contribution in [0.3, 0.4) is 0 Å². The molecule has 2 N–H and O–H groups in total. The Morgan fingerprint density at radius 1 is 1.12 bits per heavy atom. The summed E-state index contributed by atoms with van der Waals surface area (Å²) >= 11 is 0. The molecule has 1 aliphatic carbocycles. The predicted octanol–water partition coefficient (Wildman–Crippen LogP) is 2.31. The summed E-state index contributed by atoms with van der Waals surface area (Å²) in [5.74, 6) is 0.760. The van der Waals surface area contributed by atoms with Crippen molar-refractivity contribution in [2.45, 2.75) is 41.7 Å². The van der Waals surface area contributed by atoms with Crippen LogP contribution < -0.4 is 15.5 Å². The smallest absolute Gasteiger partial charge is 0.269 e. The van der Waals surface area contributed by atoms with E-state index < -0.39 is 15.6 Å². The van der Waals surface area contributed by atoms with Crippen molar-refractivity contribution in [1.82, 2.24) is 15.1 Å². The number of hydroxylamine groups is 1. The lowest BCUT2D eigenvalue weighted by Crippen LogP contribution is -2.46. The molecule has 2 unspecified atom stereocenters. The summed E-state index contributed by atoms with van der Waals surface area (Å²) in [5, 5.41) is 3.06. The first-order chi connectivity index (χ1) is 15.9. The van der Waals surface area contributed by atoms with E-state index >= 15 is 0 Å². The molecule has 2 fully saturated rings. The van der Waals surface area contributed by atoms with E-state index in [1.807, 2.05) is 18.2 Å². The number of ether oxygens (including phenoxy) is 1. The maximum atomic E-state index is 13.0. The topological polar surface area (TPSA) is 97.0 Å². The van der Waals surface area contributed by atoms with Crippen LogP contribution in [0.4, 0.5) is 0 Å². The maximum absolute atomic E-state index is 13.0. The fourth-order valence-electron chi connectivity index (χ4n) is 4.51. The Morgan fingerprint density at radius 3 is 2.48 bits per heavy atom. The van der Waals surface area contributed by atoms with Crippen molar-refractivity contribution in [1.29, 1.82) is 0 Å². The molecule has 1 saturated heterocycles. The van der Waals surface area contributed by atoms with Crippen LogP contribution in [0.25, 0.3) is 0 Å². The quantitative estimate of drug-likeness (QED) is 0.674. The Bertz CT molecular complexity index is 1160. The third-order valence-corrected chi connectivity index (χ3v) is 8.53. The van der Waals surface area contributed by atoms with Gasteiger partial charge in [-0.15, -0.1) is 0 Å². The lowest BCUT2D eigenvalue weighted by Gasteiger charge is -2.35. The zero-order valence-electron chi connectivity index (χ0n) is 18.4. The molecule has 0 radical (unpaired) electrons. The molecule has 2 aliphatic heterocycles. The number of piperidine rings is 1. The lowest BCUT2D eigenvalue weighted by atomic mass is 9.92. The van der Waals surface area contributed by atoms with Crippen LogP contribution in [0.15, 0.2) is 71.3 Å². The number of nitrogens with one attached hydrogen (secondary N) is 2. The van der Waals surface area contributed by atoms with Crippen molar-refractivity contribution in [2.75, 3.05) is 20.2 Å². The fraction of sp³-hybridized carbons (Fsp3) is 0.375. The SMILES string of the molecule is COc1ccc(S(=O)(=O)N2CCC3(C=C(C(=O)NC4CC4c4ccccc4)NO3)CC2)cc1. The summed E-state index contributed by atoms with van der Waals surface area (Å²) in [7, 11) is -2.06. The number of hydrogen-bond acceptors (Lipinski definition) is 6. The first kappa shape index (κ1) is 21.9. The van der Waals surface area contributed by atoms with Crippen LogP contribution in [-0.4, -0.2) is 50.5 Å². The van der Waals surface area contributed by atoms with Gasteiger partial charge in [0.2, 0.25) is 10.0 Å². The molecular formula is C24H27N3O5S. The molecule has 0 aromatic heterocycles. The van der Waals surface area contributed by atoms with Gasteiger partial charge in [0.25, 0.3) is 5.91 Å². The first-order valence-corrected chi connectivity index (χ1v) is 12.5. The van der Waals surface area contributed by atoms with Crippen molar-refractivity contribution in [3.8, 4) is 5.75 Å². The van der Waals surface area contributed by atoms with E-state index in [-0.39, 0.29) is 16.8 Å². The average Bonchev–Trinajstić information content (AvgIpc) is 3.50. The van der Waals surface area contributed by atoms with Gasteiger partial charge < -0.3 is 10.1 Å². The van der Waals surface area contributed by atoms with Gasteiger partial charge in [-0.2, -0.15) is 4.31 Å². The fourth-order valence-corrected chi connectivity index (χ4v) is 5.95. The minimum absolute atomic E-state index is 0.121. The number of benzene rings is 2. The molecule has 1 amide bonds. The van der Waals surface area contributed by atoms with E-state index in [9.17, 15) is 13.2 Å². The van der Waals surface area contributed by atoms with E-state index in [2.05, 4.69) is 22.9 Å². The molecule has 9 heteroatoms. The molecule has 3 aliphatic rings. The molecule has 2 aromatic rings. The van der Waals surface area contributed by atoms with Crippen molar-refractivity contribution in [3.63, 3.8) is 0 Å². The number of nitrogens with zero attached hydrogens (tertiary/aromatic N) is 1. The molecule has 5 rings (SSSR count). The summed E-state index contributed by atoms with van der Waals surface area (Å²) in [6, 6.07) is 16.7. The highest BCUT2D eigenvalue weighted by atomic mass is 32.2. The molecule has 174 valence electrons. The summed E-state index contributed by atoms with van der Waals surface area (Å²) in [6.45, 7) is 0.611. The average molecular weight is 470 g/mol. The van der Waals surface area contributed by atoms with Gasteiger partial charge in [-0.1, -0.05) is 30.3 Å². The Hall–Kier alpha value is -2.88. The second-order valence-corrected chi connectivity index (χ2v) is 10.7. The molecule has 0 bridgehead atoms. The van der Waals surface area contributed by atoms with Crippen LogP contribution in [0.2, 0.25) is 0 Å². The molecule has 1 saturated carbocycles. The Balaban J connectivity index is 1.19. The van der Waals surface area contributed by atoms with Gasteiger partial charge in [0.15, 0.2) is 0 Å². The summed E-state index contributed by atoms with van der Waals surface area (Å²) in [5.41, 5.74) is 3.71. The number of amides is 1. The zero-order valence-corrected chi connectivity index (χ0v) is 19.2. The summed E-state index contributed by atoms with van der Waals surface area (Å²) in [4.78, 5) is 18.7. The van der Waals surface area contributed by atoms with Crippen molar-refractivity contribution < 1.29 is 22.8 Å². The summed E-state index contributed by atoms with van der Waals surface area (Å²) in [6.07, 6.45) is 3.65. The van der Waals surface area contributed by atoms with Crippen molar-refractivity contribution in [2.24, 2.45) is 0 Å². The molecule has 2 heterocycles. The lowest BCUT2D eigenvalue weighted by molar-refractivity contribution is -0.120. The van der Waals surface area contributed by atoms with Crippen LogP contribution in [0.1, 0.15) is 30.7 Å². The van der Waals surface area contributed by atoms with Crippen LogP contribution in [-0.2, 0) is 19.7 Å². The number of carbonyl (C=O) groups excluding carboxylic acids is 1. The highest BCUT2D eigenvalue weighted by molar-refractivity contribution is 7.89. The van der Waals surface area contributed by atoms with Crippen molar-refractivity contribution >= 4 is 15.9 Å². The van der Waals surface area contributed by atoms with Gasteiger partial charge in [0.05, 0.1) is 12.0 Å². The zero-order chi connectivity index (χ0) is 23.1. The minimum atomic E-state index is -3.60. The predicted molar refractivity (Wildman–Crippen MR) is 122 cm³/mol. The standard InChI is InChI=1S/C24H27N3O5S/c1-31-18-7-9-19(10-8-18)33(29,30)27-13-11-24(12-14-27)16-22(26-32-24)23(28)25-21-15-20(21)17-5-3-2-4-6-17/h2-10,16,20-21,26H,11-15H2,1H3,(H,25,28). The third-order valence-electron chi connectivity index (χ3n) is 6.62. The van der Waals surface area contributed by atoms with Gasteiger partial charge in [-0.05, 0) is 55.2 Å². The highest BCUT2D eigenvalue weighted by Gasteiger charge is 2.44. The Morgan fingerprint density at radius 2 is 1.82 bits per heavy atom. The van der Waals surface area contributed by atoms with Gasteiger partial charge in [0, 0.05) is 25.0 Å². The van der Waals surface area contributed by atoms with E-state index in [4.69, 9.17) is 9.57 Å². The monoisotopic (exact) mass is 469 g/mol. The van der Waals surface area contributed by atoms with E-state index in [1.165, 1.54) is 17.0 Å². The molecule has 33 heavy (non-hydrogen) atoms. The molecule has 1 spiro atoms. The van der Waals surface area contributed by atoms with Crippen molar-refractivity contribution in [3.05, 3.63) is 71.9 Å². The van der Waals surface area contributed by atoms with E-state index in [1.54, 1.807) is 30.3 Å².